The third-order valence-corrected chi connectivity index (χ3v) is 4.02. The Hall–Kier alpha value is -0.220. The first kappa shape index (κ1) is 14.8. The van der Waals surface area contributed by atoms with Crippen LogP contribution in [0.25, 0.3) is 0 Å². The zero-order valence-corrected chi connectivity index (χ0v) is 10.9. The Morgan fingerprint density at radius 1 is 1.35 bits per heavy atom. The second-order valence-electron chi connectivity index (χ2n) is 5.34. The second-order valence-corrected chi connectivity index (χ2v) is 5.34. The zero-order chi connectivity index (χ0) is 12.7. The minimum Gasteiger partial charge on any atom is -0.329 e. The van der Waals surface area contributed by atoms with E-state index >= 15 is 0 Å². The number of nitrogens with two attached hydrogens (primary N) is 1. The van der Waals surface area contributed by atoms with E-state index in [9.17, 15) is 8.78 Å². The molecule has 0 aromatic rings. The second kappa shape index (κ2) is 7.27. The van der Waals surface area contributed by atoms with Crippen LogP contribution in [0.4, 0.5) is 8.78 Å². The van der Waals surface area contributed by atoms with Gasteiger partial charge in [0.1, 0.15) is 0 Å². The van der Waals surface area contributed by atoms with Gasteiger partial charge in [0.25, 0.3) is 6.43 Å². The first-order valence-electron chi connectivity index (χ1n) is 6.85. The Morgan fingerprint density at radius 3 is 2.71 bits per heavy atom. The molecule has 3 N–H and O–H groups in total. The quantitative estimate of drug-likeness (QED) is 0.709. The number of hydrogen-bond acceptors (Lipinski definition) is 2. The molecule has 1 rings (SSSR count). The Morgan fingerprint density at radius 2 is 2.12 bits per heavy atom. The summed E-state index contributed by atoms with van der Waals surface area (Å²) >= 11 is 0. The van der Waals surface area contributed by atoms with Crippen LogP contribution in [-0.2, 0) is 0 Å². The molecule has 0 heterocycles. The highest BCUT2D eigenvalue weighted by Gasteiger charge is 2.31. The molecule has 0 aliphatic heterocycles. The van der Waals surface area contributed by atoms with E-state index in [1.54, 1.807) is 0 Å². The van der Waals surface area contributed by atoms with E-state index in [4.69, 9.17) is 5.73 Å². The van der Waals surface area contributed by atoms with Crippen molar-refractivity contribution in [2.75, 3.05) is 13.1 Å². The molecule has 2 nitrogen and oxygen atoms in total. The lowest BCUT2D eigenvalue weighted by Crippen LogP contribution is -2.52. The van der Waals surface area contributed by atoms with Crippen LogP contribution in [-0.4, -0.2) is 25.1 Å². The van der Waals surface area contributed by atoms with Crippen LogP contribution in [0.3, 0.4) is 0 Å². The molecule has 0 aromatic heterocycles. The normalized spacial score (nSPS) is 30.5. The van der Waals surface area contributed by atoms with Gasteiger partial charge in [0.15, 0.2) is 0 Å². The molecule has 1 aliphatic rings. The topological polar surface area (TPSA) is 38.0 Å². The highest BCUT2D eigenvalue weighted by molar-refractivity contribution is 4.92. The third-order valence-electron chi connectivity index (χ3n) is 4.02. The van der Waals surface area contributed by atoms with Crippen molar-refractivity contribution in [3.8, 4) is 0 Å². The van der Waals surface area contributed by atoms with Gasteiger partial charge in [-0.25, -0.2) is 8.78 Å². The van der Waals surface area contributed by atoms with Gasteiger partial charge in [0, 0.05) is 12.1 Å². The van der Waals surface area contributed by atoms with Crippen LogP contribution in [0.1, 0.15) is 51.9 Å². The molecule has 102 valence electrons. The Kier molecular flexibility index (Phi) is 6.34. The molecule has 2 unspecified atom stereocenters. The summed E-state index contributed by atoms with van der Waals surface area (Å²) in [6.45, 7) is 2.45. The molecule has 1 aliphatic carbocycles. The Balaban J connectivity index is 2.49. The van der Waals surface area contributed by atoms with E-state index in [2.05, 4.69) is 12.2 Å². The van der Waals surface area contributed by atoms with Crippen LogP contribution in [0.5, 0.6) is 0 Å². The van der Waals surface area contributed by atoms with Crippen molar-refractivity contribution in [1.29, 1.82) is 0 Å². The van der Waals surface area contributed by atoms with Crippen molar-refractivity contribution in [2.45, 2.75) is 63.8 Å². The van der Waals surface area contributed by atoms with Gasteiger partial charge in [-0.3, -0.25) is 0 Å². The largest absolute Gasteiger partial charge is 0.329 e. The predicted octanol–water partition coefficient (Wildman–Crippen LogP) is 2.92. The molecular weight excluding hydrogens is 222 g/mol. The van der Waals surface area contributed by atoms with Gasteiger partial charge in [-0.15, -0.1) is 0 Å². The summed E-state index contributed by atoms with van der Waals surface area (Å²) in [6, 6.07) is 0. The molecule has 1 saturated carbocycles. The van der Waals surface area contributed by atoms with Crippen LogP contribution in [0.15, 0.2) is 0 Å². The van der Waals surface area contributed by atoms with Crippen molar-refractivity contribution < 1.29 is 8.78 Å². The smallest absolute Gasteiger partial charge is 0.250 e. The first-order valence-corrected chi connectivity index (χ1v) is 6.85. The third kappa shape index (κ3) is 4.88. The van der Waals surface area contributed by atoms with Gasteiger partial charge >= 0.3 is 0 Å². The molecule has 4 heteroatoms. The molecule has 17 heavy (non-hydrogen) atoms. The predicted molar refractivity (Wildman–Crippen MR) is 67.3 cm³/mol. The molecule has 0 bridgehead atoms. The van der Waals surface area contributed by atoms with Gasteiger partial charge in [0.2, 0.25) is 0 Å². The van der Waals surface area contributed by atoms with Crippen molar-refractivity contribution in [3.63, 3.8) is 0 Å². The lowest BCUT2D eigenvalue weighted by atomic mass is 9.89. The number of hydrogen-bond donors (Lipinski definition) is 2. The zero-order valence-electron chi connectivity index (χ0n) is 10.9. The molecule has 1 fully saturated rings. The number of nitrogens with one attached hydrogen (secondary N) is 1. The van der Waals surface area contributed by atoms with E-state index in [0.717, 1.165) is 31.6 Å². The van der Waals surface area contributed by atoms with Crippen molar-refractivity contribution in [1.82, 2.24) is 5.32 Å². The van der Waals surface area contributed by atoms with Crippen molar-refractivity contribution in [3.05, 3.63) is 0 Å². The monoisotopic (exact) mass is 248 g/mol. The summed E-state index contributed by atoms with van der Waals surface area (Å²) in [6.07, 6.45) is 5.54. The maximum absolute atomic E-state index is 12.3. The lowest BCUT2D eigenvalue weighted by molar-refractivity contribution is 0.125. The average molecular weight is 248 g/mol. The molecule has 0 amide bonds. The fraction of sp³-hybridized carbons (Fsp3) is 1.00. The summed E-state index contributed by atoms with van der Waals surface area (Å²) in [5.74, 6) is 0.766. The fourth-order valence-corrected chi connectivity index (χ4v) is 2.92. The van der Waals surface area contributed by atoms with Crippen molar-refractivity contribution >= 4 is 0 Å². The van der Waals surface area contributed by atoms with Gasteiger partial charge in [-0.1, -0.05) is 32.6 Å². The standard InChI is InChI=1S/C13H26F2N2/c1-2-4-11-5-3-7-13(10-16,8-6-11)17-9-12(14)15/h11-12,17H,2-10,16H2,1H3. The van der Waals surface area contributed by atoms with Gasteiger partial charge in [0.05, 0.1) is 6.54 Å². The molecule has 0 saturated heterocycles. The highest BCUT2D eigenvalue weighted by atomic mass is 19.3. The van der Waals surface area contributed by atoms with Crippen molar-refractivity contribution in [2.24, 2.45) is 11.7 Å². The first-order chi connectivity index (χ1) is 8.12. The van der Waals surface area contributed by atoms with E-state index in [1.807, 2.05) is 0 Å². The number of alkyl halides is 2. The number of halogens is 2. The highest BCUT2D eigenvalue weighted by Crippen LogP contribution is 2.32. The maximum Gasteiger partial charge on any atom is 0.250 e. The van der Waals surface area contributed by atoms with Gasteiger partial charge < -0.3 is 11.1 Å². The van der Waals surface area contributed by atoms with Crippen LogP contribution in [0.2, 0.25) is 0 Å². The van der Waals surface area contributed by atoms with E-state index in [1.165, 1.54) is 19.3 Å². The van der Waals surface area contributed by atoms with Crippen LogP contribution in [0, 0.1) is 5.92 Å². The summed E-state index contributed by atoms with van der Waals surface area (Å²) in [7, 11) is 0. The Labute approximate surface area is 103 Å². The molecule has 2 atom stereocenters. The summed E-state index contributed by atoms with van der Waals surface area (Å²) < 4.78 is 24.6. The minimum atomic E-state index is -2.28. The van der Waals surface area contributed by atoms with Crippen LogP contribution >= 0.6 is 0 Å². The SMILES string of the molecule is CCCC1CCCC(CN)(NCC(F)F)CC1. The average Bonchev–Trinajstić information content (AvgIpc) is 2.51. The molecular formula is C13H26F2N2. The van der Waals surface area contributed by atoms with Gasteiger partial charge in [-0.05, 0) is 25.2 Å². The van der Waals surface area contributed by atoms with E-state index in [0.29, 0.717) is 6.54 Å². The van der Waals surface area contributed by atoms with E-state index < -0.39 is 6.43 Å². The summed E-state index contributed by atoms with van der Waals surface area (Å²) in [5.41, 5.74) is 5.57. The van der Waals surface area contributed by atoms with Crippen LogP contribution < -0.4 is 11.1 Å². The lowest BCUT2D eigenvalue weighted by Gasteiger charge is -2.33. The van der Waals surface area contributed by atoms with E-state index in [-0.39, 0.29) is 12.1 Å². The minimum absolute atomic E-state index is 0.227. The maximum atomic E-state index is 12.3. The Bertz CT molecular complexity index is 212. The summed E-state index contributed by atoms with van der Waals surface area (Å²) in [5, 5.41) is 3.01. The molecule has 0 spiro atoms. The fourth-order valence-electron chi connectivity index (χ4n) is 2.92. The molecule has 0 aromatic carbocycles. The van der Waals surface area contributed by atoms with Gasteiger partial charge in [-0.2, -0.15) is 0 Å². The molecule has 0 radical (unpaired) electrons. The summed E-state index contributed by atoms with van der Waals surface area (Å²) in [4.78, 5) is 0. The number of rotatable bonds is 6.